The summed E-state index contributed by atoms with van der Waals surface area (Å²) in [5.74, 6) is 0.560. The predicted molar refractivity (Wildman–Crippen MR) is 73.6 cm³/mol. The number of nitrogen functional groups attached to an aromatic ring is 1. The topological polar surface area (TPSA) is 88.2 Å². The molecule has 4 N–H and O–H groups in total. The number of aryl methyl sites for hydroxylation is 1. The third-order valence-electron chi connectivity index (χ3n) is 3.93. The van der Waals surface area contributed by atoms with Crippen molar-refractivity contribution in [1.29, 1.82) is 0 Å². The van der Waals surface area contributed by atoms with Crippen molar-refractivity contribution < 1.29 is 9.90 Å². The van der Waals surface area contributed by atoms with Crippen LogP contribution in [0.1, 0.15) is 35.3 Å². The van der Waals surface area contributed by atoms with Gasteiger partial charge in [-0.1, -0.05) is 6.42 Å². The normalized spacial score (nSPS) is 22.4. The van der Waals surface area contributed by atoms with Gasteiger partial charge in [0.2, 0.25) is 0 Å². The van der Waals surface area contributed by atoms with E-state index in [2.05, 4.69) is 10.3 Å². The Hall–Kier alpha value is -1.62. The Balaban J connectivity index is 1.96. The molecule has 1 saturated carbocycles. The first-order chi connectivity index (χ1) is 9.11. The molecule has 0 spiro atoms. The van der Waals surface area contributed by atoms with Crippen LogP contribution in [0.3, 0.4) is 0 Å². The van der Waals surface area contributed by atoms with Gasteiger partial charge in [-0.2, -0.15) is 0 Å². The molecule has 104 valence electrons. The Kier molecular flexibility index (Phi) is 4.37. The summed E-state index contributed by atoms with van der Waals surface area (Å²) in [6, 6.07) is 1.65. The first-order valence-corrected chi connectivity index (χ1v) is 6.73. The predicted octanol–water partition coefficient (Wildman–Crippen LogP) is 1.11. The molecular weight excluding hydrogens is 242 g/mol. The molecule has 2 rings (SSSR count). The van der Waals surface area contributed by atoms with E-state index >= 15 is 0 Å². The smallest absolute Gasteiger partial charge is 0.253 e. The summed E-state index contributed by atoms with van der Waals surface area (Å²) < 4.78 is 0. The molecule has 2 atom stereocenters. The minimum Gasteiger partial charge on any atom is -0.397 e. The molecule has 1 aromatic rings. The van der Waals surface area contributed by atoms with Crippen LogP contribution in [0.5, 0.6) is 0 Å². The largest absolute Gasteiger partial charge is 0.397 e. The molecule has 0 aromatic carbocycles. The number of nitrogens with one attached hydrogen (secondary N) is 1. The zero-order valence-corrected chi connectivity index (χ0v) is 11.2. The van der Waals surface area contributed by atoms with Crippen molar-refractivity contribution in [3.63, 3.8) is 0 Å². The average molecular weight is 263 g/mol. The lowest BCUT2D eigenvalue weighted by Crippen LogP contribution is -2.32. The van der Waals surface area contributed by atoms with Crippen molar-refractivity contribution >= 4 is 11.6 Å². The van der Waals surface area contributed by atoms with Gasteiger partial charge in [0.05, 0.1) is 23.1 Å². The Morgan fingerprint density at radius 2 is 2.26 bits per heavy atom. The van der Waals surface area contributed by atoms with Crippen LogP contribution in [0.25, 0.3) is 0 Å². The van der Waals surface area contributed by atoms with Gasteiger partial charge in [0.25, 0.3) is 5.91 Å². The molecule has 1 aliphatic rings. The highest BCUT2D eigenvalue weighted by Crippen LogP contribution is 2.30. The molecule has 1 aliphatic carbocycles. The lowest BCUT2D eigenvalue weighted by molar-refractivity contribution is 0.0936. The van der Waals surface area contributed by atoms with Gasteiger partial charge in [0, 0.05) is 13.2 Å². The summed E-state index contributed by atoms with van der Waals surface area (Å²) in [5.41, 5.74) is 7.35. The van der Waals surface area contributed by atoms with Crippen molar-refractivity contribution in [2.75, 3.05) is 18.9 Å². The summed E-state index contributed by atoms with van der Waals surface area (Å²) in [6.07, 6.45) is 4.80. The summed E-state index contributed by atoms with van der Waals surface area (Å²) in [7, 11) is 0. The zero-order chi connectivity index (χ0) is 13.8. The number of aliphatic hydroxyl groups excluding tert-OH is 1. The molecule has 1 aromatic heterocycles. The molecule has 0 radical (unpaired) electrons. The molecule has 0 saturated heterocycles. The van der Waals surface area contributed by atoms with Gasteiger partial charge in [-0.3, -0.25) is 9.78 Å². The second kappa shape index (κ2) is 6.02. The number of hydrogen-bond acceptors (Lipinski definition) is 4. The van der Waals surface area contributed by atoms with E-state index in [0.717, 1.165) is 19.3 Å². The Morgan fingerprint density at radius 1 is 1.53 bits per heavy atom. The fraction of sp³-hybridized carbons (Fsp3) is 0.571. The van der Waals surface area contributed by atoms with Crippen LogP contribution in [0.15, 0.2) is 12.3 Å². The van der Waals surface area contributed by atoms with E-state index in [1.54, 1.807) is 19.2 Å². The van der Waals surface area contributed by atoms with E-state index in [-0.39, 0.29) is 12.5 Å². The SMILES string of the molecule is Cc1ncc(N)cc1C(=O)NCC1CCCC1CO. The van der Waals surface area contributed by atoms with Gasteiger partial charge >= 0.3 is 0 Å². The van der Waals surface area contributed by atoms with E-state index in [0.29, 0.717) is 35.3 Å². The van der Waals surface area contributed by atoms with E-state index in [1.165, 1.54) is 0 Å². The molecule has 5 nitrogen and oxygen atoms in total. The van der Waals surface area contributed by atoms with Crippen molar-refractivity contribution in [3.05, 3.63) is 23.5 Å². The summed E-state index contributed by atoms with van der Waals surface area (Å²) >= 11 is 0. The van der Waals surface area contributed by atoms with Crippen LogP contribution >= 0.6 is 0 Å². The maximum Gasteiger partial charge on any atom is 0.253 e. The summed E-state index contributed by atoms with van der Waals surface area (Å²) in [5, 5.41) is 12.2. The minimum absolute atomic E-state index is 0.138. The Morgan fingerprint density at radius 3 is 3.00 bits per heavy atom. The highest BCUT2D eigenvalue weighted by Gasteiger charge is 2.27. The Labute approximate surface area is 113 Å². The van der Waals surface area contributed by atoms with Crippen LogP contribution < -0.4 is 11.1 Å². The van der Waals surface area contributed by atoms with Crippen LogP contribution in [0.4, 0.5) is 5.69 Å². The average Bonchev–Trinajstić information content (AvgIpc) is 2.86. The second-order valence-corrected chi connectivity index (χ2v) is 5.25. The first-order valence-electron chi connectivity index (χ1n) is 6.73. The van der Waals surface area contributed by atoms with Gasteiger partial charge in [-0.15, -0.1) is 0 Å². The van der Waals surface area contributed by atoms with E-state index in [9.17, 15) is 9.90 Å². The Bertz CT molecular complexity index is 462. The first kappa shape index (κ1) is 13.8. The van der Waals surface area contributed by atoms with Gasteiger partial charge in [-0.05, 0) is 37.7 Å². The van der Waals surface area contributed by atoms with E-state index in [4.69, 9.17) is 5.73 Å². The van der Waals surface area contributed by atoms with Gasteiger partial charge in [0.1, 0.15) is 0 Å². The summed E-state index contributed by atoms with van der Waals surface area (Å²) in [6.45, 7) is 2.61. The van der Waals surface area contributed by atoms with Crippen molar-refractivity contribution in [2.45, 2.75) is 26.2 Å². The molecular formula is C14H21N3O2. The molecule has 0 bridgehead atoms. The number of pyridine rings is 1. The third-order valence-corrected chi connectivity index (χ3v) is 3.93. The number of nitrogens with two attached hydrogens (primary N) is 1. The van der Waals surface area contributed by atoms with Crippen molar-refractivity contribution in [2.24, 2.45) is 11.8 Å². The maximum absolute atomic E-state index is 12.1. The monoisotopic (exact) mass is 263 g/mol. The number of carbonyl (C=O) groups excluding carboxylic acids is 1. The lowest BCUT2D eigenvalue weighted by atomic mass is 9.97. The second-order valence-electron chi connectivity index (χ2n) is 5.25. The summed E-state index contributed by atoms with van der Waals surface area (Å²) in [4.78, 5) is 16.2. The van der Waals surface area contributed by atoms with Gasteiger partial charge < -0.3 is 16.2 Å². The molecule has 1 heterocycles. The number of aliphatic hydroxyl groups is 1. The van der Waals surface area contributed by atoms with E-state index < -0.39 is 0 Å². The highest BCUT2D eigenvalue weighted by atomic mass is 16.3. The fourth-order valence-electron chi connectivity index (χ4n) is 2.72. The van der Waals surface area contributed by atoms with Crippen molar-refractivity contribution in [3.8, 4) is 0 Å². The van der Waals surface area contributed by atoms with Crippen LogP contribution in [0, 0.1) is 18.8 Å². The molecule has 2 unspecified atom stereocenters. The zero-order valence-electron chi connectivity index (χ0n) is 11.2. The van der Waals surface area contributed by atoms with Crippen LogP contribution in [0.2, 0.25) is 0 Å². The van der Waals surface area contributed by atoms with Crippen LogP contribution in [-0.4, -0.2) is 29.1 Å². The van der Waals surface area contributed by atoms with Crippen molar-refractivity contribution in [1.82, 2.24) is 10.3 Å². The molecule has 1 amide bonds. The van der Waals surface area contributed by atoms with E-state index in [1.807, 2.05) is 0 Å². The number of anilines is 1. The number of carbonyl (C=O) groups is 1. The van der Waals surface area contributed by atoms with Crippen LogP contribution in [-0.2, 0) is 0 Å². The number of rotatable bonds is 4. The maximum atomic E-state index is 12.1. The molecule has 0 aliphatic heterocycles. The third kappa shape index (κ3) is 3.23. The number of aromatic nitrogens is 1. The standard InChI is InChI=1S/C14H21N3O2/c1-9-13(5-12(15)7-16-9)14(19)17-6-10-3-2-4-11(10)8-18/h5,7,10-11,18H,2-4,6,8,15H2,1H3,(H,17,19). The quantitative estimate of drug-likeness (QED) is 0.759. The molecule has 1 fully saturated rings. The fourth-order valence-corrected chi connectivity index (χ4v) is 2.72. The molecule has 5 heteroatoms. The number of amides is 1. The lowest BCUT2D eigenvalue weighted by Gasteiger charge is -2.18. The molecule has 19 heavy (non-hydrogen) atoms. The minimum atomic E-state index is -0.138. The highest BCUT2D eigenvalue weighted by molar-refractivity contribution is 5.95. The van der Waals surface area contributed by atoms with Gasteiger partial charge in [0.15, 0.2) is 0 Å². The number of hydrogen-bond donors (Lipinski definition) is 3. The number of nitrogens with zero attached hydrogens (tertiary/aromatic N) is 1. The van der Waals surface area contributed by atoms with Gasteiger partial charge in [-0.25, -0.2) is 0 Å².